The topological polar surface area (TPSA) is 32.3 Å². The van der Waals surface area contributed by atoms with E-state index in [2.05, 4.69) is 21.2 Å². The predicted octanol–water partition coefficient (Wildman–Crippen LogP) is 4.22. The van der Waals surface area contributed by atoms with E-state index in [1.165, 1.54) is 38.5 Å². The monoisotopic (exact) mass is 363 g/mol. The number of hydrogen-bond acceptors (Lipinski definition) is 2. The van der Waals surface area contributed by atoms with Crippen molar-refractivity contribution in [1.82, 2.24) is 5.32 Å². The van der Waals surface area contributed by atoms with Gasteiger partial charge in [-0.2, -0.15) is 0 Å². The Bertz CT molecular complexity index is 516. The summed E-state index contributed by atoms with van der Waals surface area (Å²) in [5.74, 6) is 2.82. The second kappa shape index (κ2) is 5.32. The van der Waals surface area contributed by atoms with Crippen LogP contribution in [0.5, 0.6) is 0 Å². The van der Waals surface area contributed by atoms with Crippen LogP contribution in [0.1, 0.15) is 51.0 Å². The Labute approximate surface area is 141 Å². The second-order valence-electron chi connectivity index (χ2n) is 8.33. The molecule has 4 fully saturated rings. The van der Waals surface area contributed by atoms with Crippen LogP contribution in [0.2, 0.25) is 0 Å². The van der Waals surface area contributed by atoms with Gasteiger partial charge in [-0.15, -0.1) is 0 Å². The molecule has 0 amide bonds. The summed E-state index contributed by atoms with van der Waals surface area (Å²) in [6, 6.07) is 8.06. The summed E-state index contributed by atoms with van der Waals surface area (Å²) < 4.78 is 1.06. The molecule has 0 spiro atoms. The molecule has 0 aliphatic heterocycles. The molecule has 5 rings (SSSR count). The molecule has 4 aliphatic rings. The van der Waals surface area contributed by atoms with Gasteiger partial charge >= 0.3 is 0 Å². The first-order valence-electron chi connectivity index (χ1n) is 8.68. The van der Waals surface area contributed by atoms with E-state index in [0.717, 1.165) is 27.8 Å². The van der Waals surface area contributed by atoms with E-state index >= 15 is 0 Å². The largest absolute Gasteiger partial charge is 0.384 e. The highest BCUT2D eigenvalue weighted by Gasteiger charge is 2.51. The highest BCUT2D eigenvalue weighted by Crippen LogP contribution is 2.55. The summed E-state index contributed by atoms with van der Waals surface area (Å²) in [5, 5.41) is 14.7. The lowest BCUT2D eigenvalue weighted by Crippen LogP contribution is -2.60. The average Bonchev–Trinajstić information content (AvgIpc) is 2.45. The standard InChI is InChI=1S/C19H26BrNO/c1-18(22,16-2-4-17(20)5-3-16)12-21-19-9-13-6-14(10-19)8-15(7-13)11-19/h2-5,13-15,21-22H,6-12H2,1H3. The van der Waals surface area contributed by atoms with Gasteiger partial charge in [-0.1, -0.05) is 28.1 Å². The van der Waals surface area contributed by atoms with Gasteiger partial charge in [0.15, 0.2) is 0 Å². The number of nitrogens with one attached hydrogen (secondary N) is 1. The van der Waals surface area contributed by atoms with Gasteiger partial charge in [-0.25, -0.2) is 0 Å². The molecule has 1 atom stereocenters. The van der Waals surface area contributed by atoms with Crippen LogP contribution in [0.25, 0.3) is 0 Å². The van der Waals surface area contributed by atoms with Crippen LogP contribution >= 0.6 is 15.9 Å². The minimum absolute atomic E-state index is 0.314. The zero-order chi connectivity index (χ0) is 15.4. The molecule has 0 aromatic heterocycles. The van der Waals surface area contributed by atoms with E-state index in [1.54, 1.807) is 0 Å². The molecule has 0 heterocycles. The van der Waals surface area contributed by atoms with Crippen LogP contribution in [0.3, 0.4) is 0 Å². The van der Waals surface area contributed by atoms with Gasteiger partial charge in [0, 0.05) is 16.6 Å². The van der Waals surface area contributed by atoms with Crippen LogP contribution in [-0.2, 0) is 5.60 Å². The summed E-state index contributed by atoms with van der Waals surface area (Å²) in [7, 11) is 0. The van der Waals surface area contributed by atoms with Crippen LogP contribution in [0, 0.1) is 17.8 Å². The van der Waals surface area contributed by atoms with Gasteiger partial charge in [0.25, 0.3) is 0 Å². The van der Waals surface area contributed by atoms with E-state index < -0.39 is 5.60 Å². The Kier molecular flexibility index (Phi) is 3.67. The number of aliphatic hydroxyl groups is 1. The Morgan fingerprint density at radius 2 is 1.59 bits per heavy atom. The quantitative estimate of drug-likeness (QED) is 0.839. The van der Waals surface area contributed by atoms with Gasteiger partial charge in [-0.05, 0) is 80.9 Å². The molecule has 1 aromatic rings. The normalized spacial score (nSPS) is 39.0. The predicted molar refractivity (Wildman–Crippen MR) is 92.6 cm³/mol. The number of rotatable bonds is 4. The SMILES string of the molecule is CC(O)(CNC12CC3CC(CC(C3)C1)C2)c1ccc(Br)cc1. The molecular formula is C19H26BrNO. The van der Waals surface area contributed by atoms with Crippen molar-refractivity contribution >= 4 is 15.9 Å². The van der Waals surface area contributed by atoms with Crippen molar-refractivity contribution in [2.24, 2.45) is 17.8 Å². The molecule has 0 radical (unpaired) electrons. The Balaban J connectivity index is 1.46. The van der Waals surface area contributed by atoms with E-state index in [1.807, 2.05) is 31.2 Å². The van der Waals surface area contributed by atoms with Crippen molar-refractivity contribution in [2.75, 3.05) is 6.54 Å². The van der Waals surface area contributed by atoms with Crippen molar-refractivity contribution in [1.29, 1.82) is 0 Å². The minimum Gasteiger partial charge on any atom is -0.384 e. The lowest BCUT2D eigenvalue weighted by molar-refractivity contribution is -0.0358. The van der Waals surface area contributed by atoms with Gasteiger partial charge in [0.2, 0.25) is 0 Å². The van der Waals surface area contributed by atoms with E-state index in [9.17, 15) is 5.11 Å². The van der Waals surface area contributed by atoms with E-state index in [4.69, 9.17) is 0 Å². The van der Waals surface area contributed by atoms with Gasteiger partial charge < -0.3 is 10.4 Å². The van der Waals surface area contributed by atoms with Crippen molar-refractivity contribution < 1.29 is 5.11 Å². The molecule has 0 saturated heterocycles. The third kappa shape index (κ3) is 2.76. The number of halogens is 1. The van der Waals surface area contributed by atoms with Crippen LogP contribution in [-0.4, -0.2) is 17.2 Å². The summed E-state index contributed by atoms with van der Waals surface area (Å²) in [5.41, 5.74) is 0.505. The summed E-state index contributed by atoms with van der Waals surface area (Å²) in [6.07, 6.45) is 8.37. The van der Waals surface area contributed by atoms with Crippen LogP contribution in [0.4, 0.5) is 0 Å². The van der Waals surface area contributed by atoms with Gasteiger partial charge in [0.05, 0.1) is 5.60 Å². The molecule has 1 aromatic carbocycles. The van der Waals surface area contributed by atoms with Crippen molar-refractivity contribution in [3.8, 4) is 0 Å². The molecule has 22 heavy (non-hydrogen) atoms. The molecule has 1 unspecified atom stereocenters. The molecule has 4 bridgehead atoms. The lowest BCUT2D eigenvalue weighted by atomic mass is 9.53. The molecule has 3 heteroatoms. The zero-order valence-corrected chi connectivity index (χ0v) is 14.9. The molecule has 4 aliphatic carbocycles. The number of benzene rings is 1. The smallest absolute Gasteiger partial charge is 0.0992 e. The third-order valence-corrected chi connectivity index (χ3v) is 6.84. The summed E-state index contributed by atoms with van der Waals surface area (Å²) >= 11 is 3.46. The van der Waals surface area contributed by atoms with Gasteiger partial charge in [-0.3, -0.25) is 0 Å². The van der Waals surface area contributed by atoms with E-state index in [-0.39, 0.29) is 0 Å². The zero-order valence-electron chi connectivity index (χ0n) is 13.3. The first-order chi connectivity index (χ1) is 10.4. The Morgan fingerprint density at radius 3 is 2.09 bits per heavy atom. The maximum Gasteiger partial charge on any atom is 0.0992 e. The van der Waals surface area contributed by atoms with Crippen LogP contribution < -0.4 is 5.32 Å². The molecule has 2 nitrogen and oxygen atoms in total. The van der Waals surface area contributed by atoms with E-state index in [0.29, 0.717) is 12.1 Å². The summed E-state index contributed by atoms with van der Waals surface area (Å²) in [4.78, 5) is 0. The van der Waals surface area contributed by atoms with Crippen molar-refractivity contribution in [3.05, 3.63) is 34.3 Å². The first-order valence-corrected chi connectivity index (χ1v) is 9.47. The highest BCUT2D eigenvalue weighted by molar-refractivity contribution is 9.10. The average molecular weight is 364 g/mol. The second-order valence-corrected chi connectivity index (χ2v) is 9.25. The first kappa shape index (κ1) is 15.2. The summed E-state index contributed by atoms with van der Waals surface area (Å²) in [6.45, 7) is 2.59. The van der Waals surface area contributed by atoms with Crippen LogP contribution in [0.15, 0.2) is 28.7 Å². The molecular weight excluding hydrogens is 338 g/mol. The maximum absolute atomic E-state index is 10.9. The molecule has 120 valence electrons. The number of hydrogen-bond donors (Lipinski definition) is 2. The van der Waals surface area contributed by atoms with Crippen molar-refractivity contribution in [3.63, 3.8) is 0 Å². The Hall–Kier alpha value is -0.380. The van der Waals surface area contributed by atoms with Crippen molar-refractivity contribution in [2.45, 2.75) is 56.6 Å². The third-order valence-electron chi connectivity index (χ3n) is 6.31. The fourth-order valence-corrected chi connectivity index (χ4v) is 5.86. The lowest BCUT2D eigenvalue weighted by Gasteiger charge is -2.57. The van der Waals surface area contributed by atoms with Gasteiger partial charge in [0.1, 0.15) is 0 Å². The highest BCUT2D eigenvalue weighted by atomic mass is 79.9. The fourth-order valence-electron chi connectivity index (χ4n) is 5.60. The minimum atomic E-state index is -0.802. The number of β-amino-alcohol motifs (C(OH)–C–C–N with tert-alkyl or cyclic N) is 1. The fraction of sp³-hybridized carbons (Fsp3) is 0.684. The molecule has 4 saturated carbocycles. The molecule has 2 N–H and O–H groups in total. The Morgan fingerprint density at radius 1 is 1.09 bits per heavy atom. The maximum atomic E-state index is 10.9.